The van der Waals surface area contributed by atoms with Crippen molar-refractivity contribution in [2.45, 2.75) is 25.8 Å². The third-order valence-corrected chi connectivity index (χ3v) is 5.75. The molecule has 4 nitrogen and oxygen atoms in total. The summed E-state index contributed by atoms with van der Waals surface area (Å²) in [5.41, 5.74) is 9.40. The summed E-state index contributed by atoms with van der Waals surface area (Å²) in [4.78, 5) is 12.8. The topological polar surface area (TPSA) is 64.4 Å². The van der Waals surface area contributed by atoms with Gasteiger partial charge in [-0.05, 0) is 71.7 Å². The Morgan fingerprint density at radius 3 is 2.59 bits per heavy atom. The largest absolute Gasteiger partial charge is 0.457 e. The first-order valence-corrected chi connectivity index (χ1v) is 10.0. The van der Waals surface area contributed by atoms with Crippen molar-refractivity contribution in [1.82, 2.24) is 5.32 Å². The smallest absolute Gasteiger partial charge is 0.248 e. The number of thiophene rings is 1. The Balaban J connectivity index is 1.41. The minimum absolute atomic E-state index is 0.407. The first-order chi connectivity index (χ1) is 13.2. The number of aryl methyl sites for hydroxylation is 2. The van der Waals surface area contributed by atoms with E-state index in [1.54, 1.807) is 17.4 Å². The molecule has 0 spiro atoms. The summed E-state index contributed by atoms with van der Waals surface area (Å²) in [7, 11) is 0. The number of hydrogen-bond donors (Lipinski definition) is 2. The second-order valence-electron chi connectivity index (χ2n) is 6.74. The molecule has 0 atom stereocenters. The van der Waals surface area contributed by atoms with Gasteiger partial charge in [-0.25, -0.2) is 0 Å². The number of carbonyl (C=O) groups is 1. The molecule has 5 heteroatoms. The van der Waals surface area contributed by atoms with Crippen LogP contribution >= 0.6 is 11.3 Å². The lowest BCUT2D eigenvalue weighted by Crippen LogP contribution is -2.16. The van der Waals surface area contributed by atoms with Gasteiger partial charge in [-0.15, -0.1) is 11.3 Å². The van der Waals surface area contributed by atoms with E-state index in [4.69, 9.17) is 10.5 Å². The molecule has 27 heavy (non-hydrogen) atoms. The molecule has 2 aromatic carbocycles. The molecule has 1 aliphatic rings. The Labute approximate surface area is 163 Å². The number of nitrogens with two attached hydrogens (primary N) is 1. The van der Waals surface area contributed by atoms with E-state index >= 15 is 0 Å². The Kier molecular flexibility index (Phi) is 5.23. The highest BCUT2D eigenvalue weighted by Crippen LogP contribution is 2.34. The average molecular weight is 378 g/mol. The molecule has 138 valence electrons. The molecule has 0 radical (unpaired) electrons. The zero-order valence-corrected chi connectivity index (χ0v) is 15.9. The molecule has 1 aliphatic heterocycles. The summed E-state index contributed by atoms with van der Waals surface area (Å²) in [6, 6.07) is 16.0. The first kappa shape index (κ1) is 17.8. The van der Waals surface area contributed by atoms with E-state index in [2.05, 4.69) is 35.0 Å². The predicted octanol–water partition coefficient (Wildman–Crippen LogP) is 4.07. The van der Waals surface area contributed by atoms with Crippen LogP contribution < -0.4 is 15.8 Å². The van der Waals surface area contributed by atoms with Gasteiger partial charge < -0.3 is 15.8 Å². The third kappa shape index (κ3) is 4.21. The van der Waals surface area contributed by atoms with Crippen LogP contribution in [0, 0.1) is 0 Å². The zero-order valence-electron chi connectivity index (χ0n) is 15.0. The van der Waals surface area contributed by atoms with Gasteiger partial charge in [0.1, 0.15) is 11.5 Å². The van der Waals surface area contributed by atoms with Crippen LogP contribution in [-0.4, -0.2) is 12.5 Å². The summed E-state index contributed by atoms with van der Waals surface area (Å²) >= 11 is 1.80. The highest BCUT2D eigenvalue weighted by Gasteiger charge is 2.16. The maximum absolute atomic E-state index is 11.4. The standard InChI is InChI=1S/C22H22N2O2S/c23-22(25)18-6-8-21-17(13-18)5-4-16-12-15(3-7-20(16)26-21)14-24-10-9-19-2-1-11-27-19/h1-3,6-8,11-13,24H,4-5,9-10,14H2,(H2,23,25). The molecule has 0 saturated carbocycles. The van der Waals surface area contributed by atoms with Crippen molar-refractivity contribution in [1.29, 1.82) is 0 Å². The molecular weight excluding hydrogens is 356 g/mol. The zero-order chi connectivity index (χ0) is 18.6. The van der Waals surface area contributed by atoms with Gasteiger partial charge in [0.25, 0.3) is 0 Å². The molecule has 1 amide bonds. The number of primary amides is 1. The predicted molar refractivity (Wildman–Crippen MR) is 109 cm³/mol. The number of ether oxygens (including phenoxy) is 1. The van der Waals surface area contributed by atoms with Gasteiger partial charge in [0, 0.05) is 23.5 Å². The highest BCUT2D eigenvalue weighted by atomic mass is 32.1. The van der Waals surface area contributed by atoms with Crippen LogP contribution in [0.1, 0.15) is 31.9 Å². The molecule has 0 aliphatic carbocycles. The van der Waals surface area contributed by atoms with E-state index in [0.29, 0.717) is 5.56 Å². The fraction of sp³-hybridized carbons (Fsp3) is 0.227. The average Bonchev–Trinajstić information content (AvgIpc) is 3.12. The molecular formula is C22H22N2O2S. The van der Waals surface area contributed by atoms with Crippen LogP contribution in [0.25, 0.3) is 0 Å². The fourth-order valence-electron chi connectivity index (χ4n) is 3.35. The monoisotopic (exact) mass is 378 g/mol. The molecule has 3 N–H and O–H groups in total. The van der Waals surface area contributed by atoms with E-state index in [0.717, 1.165) is 49.4 Å². The lowest BCUT2D eigenvalue weighted by atomic mass is 10.0. The van der Waals surface area contributed by atoms with Crippen molar-refractivity contribution < 1.29 is 9.53 Å². The minimum Gasteiger partial charge on any atom is -0.457 e. The number of rotatable bonds is 6. The summed E-state index contributed by atoms with van der Waals surface area (Å²) in [5.74, 6) is 1.29. The van der Waals surface area contributed by atoms with Crippen molar-refractivity contribution in [2.75, 3.05) is 6.54 Å². The lowest BCUT2D eigenvalue weighted by Gasteiger charge is -2.11. The van der Waals surface area contributed by atoms with Gasteiger partial charge in [0.15, 0.2) is 0 Å². The second kappa shape index (κ2) is 7.94. The highest BCUT2D eigenvalue weighted by molar-refractivity contribution is 7.09. The number of hydrogen-bond acceptors (Lipinski definition) is 4. The van der Waals surface area contributed by atoms with E-state index in [9.17, 15) is 4.79 Å². The SMILES string of the molecule is NC(=O)c1ccc2c(c1)CCc1cc(CNCCc3cccs3)ccc1O2. The number of carbonyl (C=O) groups excluding carboxylic acids is 1. The Bertz CT molecular complexity index is 951. The number of amides is 1. The van der Waals surface area contributed by atoms with E-state index < -0.39 is 5.91 Å². The second-order valence-corrected chi connectivity index (χ2v) is 7.77. The van der Waals surface area contributed by atoms with Crippen LogP contribution in [0.5, 0.6) is 11.5 Å². The fourth-order valence-corrected chi connectivity index (χ4v) is 4.06. The Morgan fingerprint density at radius 1 is 1.07 bits per heavy atom. The van der Waals surface area contributed by atoms with E-state index in [-0.39, 0.29) is 0 Å². The van der Waals surface area contributed by atoms with Crippen LogP contribution in [-0.2, 0) is 25.8 Å². The summed E-state index contributed by atoms with van der Waals surface area (Å²) in [6.07, 6.45) is 2.77. The van der Waals surface area contributed by atoms with Gasteiger partial charge in [-0.3, -0.25) is 4.79 Å². The molecule has 4 rings (SSSR count). The number of nitrogens with one attached hydrogen (secondary N) is 1. The van der Waals surface area contributed by atoms with E-state index in [1.807, 2.05) is 18.2 Å². The summed E-state index contributed by atoms with van der Waals surface area (Å²) < 4.78 is 6.10. The summed E-state index contributed by atoms with van der Waals surface area (Å²) in [5, 5.41) is 5.63. The van der Waals surface area contributed by atoms with Crippen molar-refractivity contribution in [3.05, 3.63) is 81.0 Å². The number of benzene rings is 2. The van der Waals surface area contributed by atoms with Gasteiger partial charge in [0.2, 0.25) is 5.91 Å². The molecule has 0 bridgehead atoms. The van der Waals surface area contributed by atoms with Crippen LogP contribution in [0.15, 0.2) is 53.9 Å². The quantitative estimate of drug-likeness (QED) is 0.636. The molecule has 0 unspecified atom stereocenters. The number of fused-ring (bicyclic) bond motifs is 2. The molecule has 0 saturated heterocycles. The maximum atomic E-state index is 11.4. The molecule has 3 aromatic rings. The van der Waals surface area contributed by atoms with Gasteiger partial charge in [-0.1, -0.05) is 18.2 Å². The molecule has 1 aromatic heterocycles. The molecule has 0 fully saturated rings. The van der Waals surface area contributed by atoms with E-state index in [1.165, 1.54) is 16.0 Å². The third-order valence-electron chi connectivity index (χ3n) is 4.81. The van der Waals surface area contributed by atoms with Crippen LogP contribution in [0.4, 0.5) is 0 Å². The van der Waals surface area contributed by atoms with Crippen molar-refractivity contribution in [2.24, 2.45) is 5.73 Å². The van der Waals surface area contributed by atoms with Gasteiger partial charge >= 0.3 is 0 Å². The van der Waals surface area contributed by atoms with Crippen molar-refractivity contribution in [3.8, 4) is 11.5 Å². The van der Waals surface area contributed by atoms with Crippen LogP contribution in [0.3, 0.4) is 0 Å². The minimum atomic E-state index is -0.407. The molecule has 2 heterocycles. The van der Waals surface area contributed by atoms with Crippen LogP contribution in [0.2, 0.25) is 0 Å². The lowest BCUT2D eigenvalue weighted by molar-refractivity contribution is 0.1000. The van der Waals surface area contributed by atoms with Gasteiger partial charge in [-0.2, -0.15) is 0 Å². The Morgan fingerprint density at radius 2 is 1.85 bits per heavy atom. The van der Waals surface area contributed by atoms with Gasteiger partial charge in [0.05, 0.1) is 0 Å². The first-order valence-electron chi connectivity index (χ1n) is 9.14. The Hall–Kier alpha value is -2.63. The van der Waals surface area contributed by atoms with Crippen molar-refractivity contribution in [3.63, 3.8) is 0 Å². The maximum Gasteiger partial charge on any atom is 0.248 e. The normalized spacial score (nSPS) is 12.6. The summed E-state index contributed by atoms with van der Waals surface area (Å²) in [6.45, 7) is 1.81. The van der Waals surface area contributed by atoms with Crippen molar-refractivity contribution >= 4 is 17.2 Å².